The molecule has 2 aromatic carbocycles. The fourth-order valence-corrected chi connectivity index (χ4v) is 4.19. The molecule has 2 aliphatic rings. The molecule has 1 atom stereocenters. The van der Waals surface area contributed by atoms with Crippen molar-refractivity contribution in [3.63, 3.8) is 0 Å². The van der Waals surface area contributed by atoms with Gasteiger partial charge in [-0.15, -0.1) is 0 Å². The first-order valence-electron chi connectivity index (χ1n) is 9.78. The third-order valence-corrected chi connectivity index (χ3v) is 5.49. The highest BCUT2D eigenvalue weighted by Gasteiger charge is 2.41. The van der Waals surface area contributed by atoms with Crippen molar-refractivity contribution in [3.8, 4) is 0 Å². The molecule has 5 heteroatoms. The first kappa shape index (κ1) is 17.5. The number of rotatable bonds is 2. The van der Waals surface area contributed by atoms with Crippen molar-refractivity contribution >= 4 is 23.1 Å². The molecule has 2 heterocycles. The summed E-state index contributed by atoms with van der Waals surface area (Å²) in [6.45, 7) is 0. The number of nitrogens with zero attached hydrogens (tertiary/aromatic N) is 1. The number of Topliss-reactive ketones (excluding diaryl/α,β-unsaturated/α-hetero) is 1. The smallest absolute Gasteiger partial charge is 0.259 e. The van der Waals surface area contributed by atoms with Crippen LogP contribution in [0.2, 0.25) is 0 Å². The Labute approximate surface area is 168 Å². The van der Waals surface area contributed by atoms with Crippen LogP contribution < -0.4 is 10.2 Å². The number of fused-ring (bicyclic) bond motifs is 1. The second kappa shape index (κ2) is 7.09. The Kier molecular flexibility index (Phi) is 4.28. The molecule has 144 valence electrons. The van der Waals surface area contributed by atoms with Crippen LogP contribution in [0.3, 0.4) is 0 Å². The zero-order valence-electron chi connectivity index (χ0n) is 15.8. The molecule has 0 spiro atoms. The molecule has 0 bridgehead atoms. The summed E-state index contributed by atoms with van der Waals surface area (Å²) in [7, 11) is 0. The largest absolute Gasteiger partial charge is 0.467 e. The van der Waals surface area contributed by atoms with Crippen LogP contribution in [0.15, 0.2) is 88.7 Å². The predicted molar refractivity (Wildman–Crippen MR) is 111 cm³/mol. The molecule has 1 N–H and O–H groups in total. The Morgan fingerprint density at radius 1 is 0.966 bits per heavy atom. The van der Waals surface area contributed by atoms with Crippen molar-refractivity contribution < 1.29 is 14.0 Å². The normalized spacial score (nSPS) is 18.6. The van der Waals surface area contributed by atoms with Crippen LogP contribution in [0.5, 0.6) is 0 Å². The van der Waals surface area contributed by atoms with Gasteiger partial charge >= 0.3 is 0 Å². The number of anilines is 2. The lowest BCUT2D eigenvalue weighted by Crippen LogP contribution is -2.37. The molecule has 29 heavy (non-hydrogen) atoms. The van der Waals surface area contributed by atoms with Gasteiger partial charge in [0, 0.05) is 23.3 Å². The number of furan rings is 1. The minimum absolute atomic E-state index is 0.0545. The molecule has 5 nitrogen and oxygen atoms in total. The highest BCUT2D eigenvalue weighted by atomic mass is 16.3. The lowest BCUT2D eigenvalue weighted by atomic mass is 9.88. The van der Waals surface area contributed by atoms with Crippen molar-refractivity contribution in [2.45, 2.75) is 25.3 Å². The number of allylic oxidation sites excluding steroid dienone is 1. The quantitative estimate of drug-likeness (QED) is 0.668. The number of nitrogens with one attached hydrogen (secondary N) is 1. The zero-order valence-corrected chi connectivity index (χ0v) is 15.8. The van der Waals surface area contributed by atoms with E-state index in [0.29, 0.717) is 23.3 Å². The summed E-state index contributed by atoms with van der Waals surface area (Å²) >= 11 is 0. The van der Waals surface area contributed by atoms with Gasteiger partial charge in [-0.1, -0.05) is 30.3 Å². The number of amides is 1. The lowest BCUT2D eigenvalue weighted by Gasteiger charge is -2.32. The van der Waals surface area contributed by atoms with Gasteiger partial charge in [0.25, 0.3) is 5.91 Å². The molecule has 0 saturated carbocycles. The van der Waals surface area contributed by atoms with E-state index in [-0.39, 0.29) is 11.7 Å². The highest BCUT2D eigenvalue weighted by Crippen LogP contribution is 2.45. The third kappa shape index (κ3) is 2.95. The Hall–Kier alpha value is -3.60. The van der Waals surface area contributed by atoms with E-state index < -0.39 is 6.04 Å². The minimum atomic E-state index is -0.614. The van der Waals surface area contributed by atoms with Crippen molar-refractivity contribution in [2.75, 3.05) is 10.2 Å². The molecule has 0 radical (unpaired) electrons. The van der Waals surface area contributed by atoms with Gasteiger partial charge in [-0.05, 0) is 49.2 Å². The molecule has 1 amide bonds. The van der Waals surface area contributed by atoms with Crippen LogP contribution in [0, 0.1) is 0 Å². The van der Waals surface area contributed by atoms with Crippen LogP contribution >= 0.6 is 0 Å². The van der Waals surface area contributed by atoms with E-state index in [1.807, 2.05) is 48.5 Å². The number of benzene rings is 2. The molecular formula is C24H20N2O3. The fourth-order valence-electron chi connectivity index (χ4n) is 4.19. The summed E-state index contributed by atoms with van der Waals surface area (Å²) in [6.07, 6.45) is 3.62. The number of carbonyl (C=O) groups excluding carboxylic acids is 2. The fraction of sp³-hybridized carbons (Fsp3) is 0.167. The van der Waals surface area contributed by atoms with Crippen LogP contribution in [-0.2, 0) is 4.79 Å². The maximum atomic E-state index is 13.7. The van der Waals surface area contributed by atoms with E-state index in [1.54, 1.807) is 29.4 Å². The van der Waals surface area contributed by atoms with E-state index >= 15 is 0 Å². The standard InChI is InChI=1S/C24H20N2O3/c27-20-13-6-11-18-22(20)23(21-14-7-15-29-21)26(19-12-5-4-10-17(19)25-18)24(28)16-8-2-1-3-9-16/h1-5,7-10,12,14-15,23,25H,6,11,13H2/t23-/m1/s1. The van der Waals surface area contributed by atoms with E-state index in [4.69, 9.17) is 4.42 Å². The number of hydrogen-bond donors (Lipinski definition) is 1. The zero-order chi connectivity index (χ0) is 19.8. The average Bonchev–Trinajstić information content (AvgIpc) is 3.23. The van der Waals surface area contributed by atoms with Crippen molar-refractivity contribution in [2.24, 2.45) is 0 Å². The Bertz CT molecular complexity index is 1100. The number of para-hydroxylation sites is 2. The Morgan fingerprint density at radius 3 is 2.55 bits per heavy atom. The SMILES string of the molecule is O=C1CCCC2=C1[C@@H](c1ccco1)N(C(=O)c1ccccc1)c1ccccc1N2. The van der Waals surface area contributed by atoms with Gasteiger partial charge < -0.3 is 9.73 Å². The Balaban J connectivity index is 1.77. The van der Waals surface area contributed by atoms with E-state index in [9.17, 15) is 9.59 Å². The number of ketones is 1. The number of hydrogen-bond acceptors (Lipinski definition) is 4. The maximum Gasteiger partial charge on any atom is 0.259 e. The van der Waals surface area contributed by atoms with Gasteiger partial charge in [-0.3, -0.25) is 14.5 Å². The van der Waals surface area contributed by atoms with Crippen molar-refractivity contribution in [1.29, 1.82) is 0 Å². The van der Waals surface area contributed by atoms with Crippen LogP contribution in [-0.4, -0.2) is 11.7 Å². The molecule has 3 aromatic rings. The summed E-state index contributed by atoms with van der Waals surface area (Å²) < 4.78 is 5.75. The molecule has 5 rings (SSSR count). The Morgan fingerprint density at radius 2 is 1.76 bits per heavy atom. The maximum absolute atomic E-state index is 13.7. The second-order valence-electron chi connectivity index (χ2n) is 7.27. The molecule has 1 aliphatic heterocycles. The molecular weight excluding hydrogens is 364 g/mol. The second-order valence-corrected chi connectivity index (χ2v) is 7.27. The summed E-state index contributed by atoms with van der Waals surface area (Å²) in [5, 5.41) is 3.44. The summed E-state index contributed by atoms with van der Waals surface area (Å²) in [4.78, 5) is 28.5. The van der Waals surface area contributed by atoms with Gasteiger partial charge in [0.05, 0.1) is 17.6 Å². The summed E-state index contributed by atoms with van der Waals surface area (Å²) in [5.74, 6) is 0.461. The lowest BCUT2D eigenvalue weighted by molar-refractivity contribution is -0.116. The van der Waals surface area contributed by atoms with Crippen LogP contribution in [0.4, 0.5) is 11.4 Å². The average molecular weight is 384 g/mol. The minimum Gasteiger partial charge on any atom is -0.467 e. The summed E-state index contributed by atoms with van der Waals surface area (Å²) in [5.41, 5.74) is 3.59. The van der Waals surface area contributed by atoms with E-state index in [2.05, 4.69) is 5.32 Å². The molecule has 0 unspecified atom stereocenters. The van der Waals surface area contributed by atoms with Crippen molar-refractivity contribution in [3.05, 3.63) is 95.6 Å². The van der Waals surface area contributed by atoms with Gasteiger partial charge in [-0.2, -0.15) is 0 Å². The monoisotopic (exact) mass is 384 g/mol. The highest BCUT2D eigenvalue weighted by molar-refractivity contribution is 6.11. The first-order chi connectivity index (χ1) is 14.2. The molecule has 0 saturated heterocycles. The molecule has 1 aromatic heterocycles. The van der Waals surface area contributed by atoms with Crippen LogP contribution in [0.25, 0.3) is 0 Å². The third-order valence-electron chi connectivity index (χ3n) is 5.49. The van der Waals surface area contributed by atoms with Crippen molar-refractivity contribution in [1.82, 2.24) is 0 Å². The molecule has 0 fully saturated rings. The predicted octanol–water partition coefficient (Wildman–Crippen LogP) is 5.10. The van der Waals surface area contributed by atoms with Crippen LogP contribution in [0.1, 0.15) is 41.4 Å². The van der Waals surface area contributed by atoms with Gasteiger partial charge in [0.15, 0.2) is 5.78 Å². The van der Waals surface area contributed by atoms with Gasteiger partial charge in [0.1, 0.15) is 11.8 Å². The van der Waals surface area contributed by atoms with E-state index in [1.165, 1.54) is 0 Å². The summed E-state index contributed by atoms with van der Waals surface area (Å²) in [6, 6.07) is 19.8. The van der Waals surface area contributed by atoms with Gasteiger partial charge in [-0.25, -0.2) is 0 Å². The molecule has 1 aliphatic carbocycles. The van der Waals surface area contributed by atoms with Gasteiger partial charge in [0.2, 0.25) is 0 Å². The first-order valence-corrected chi connectivity index (χ1v) is 9.78. The topological polar surface area (TPSA) is 62.6 Å². The number of carbonyl (C=O) groups is 2. The van der Waals surface area contributed by atoms with E-state index in [0.717, 1.165) is 29.9 Å².